The van der Waals surface area contributed by atoms with Crippen molar-refractivity contribution in [2.24, 2.45) is 11.3 Å². The van der Waals surface area contributed by atoms with Gasteiger partial charge in [0, 0.05) is 18.5 Å². The molecule has 0 aliphatic heterocycles. The monoisotopic (exact) mass is 531 g/mol. The highest BCUT2D eigenvalue weighted by molar-refractivity contribution is 5.89. The summed E-state index contributed by atoms with van der Waals surface area (Å²) >= 11 is 0. The number of aliphatic carboxylic acids is 1. The zero-order valence-corrected chi connectivity index (χ0v) is 22.6. The van der Waals surface area contributed by atoms with Gasteiger partial charge in [-0.1, -0.05) is 25.1 Å². The van der Waals surface area contributed by atoms with E-state index >= 15 is 0 Å². The minimum atomic E-state index is -4.49. The van der Waals surface area contributed by atoms with Gasteiger partial charge in [0.05, 0.1) is 6.10 Å². The quantitative estimate of drug-likeness (QED) is 0.373. The molecule has 0 heterocycles. The fraction of sp³-hybridized carbons (Fsp3) is 0.645. The summed E-state index contributed by atoms with van der Waals surface area (Å²) in [7, 11) is 2.13. The van der Waals surface area contributed by atoms with Crippen molar-refractivity contribution in [3.63, 3.8) is 0 Å². The van der Waals surface area contributed by atoms with Gasteiger partial charge in [-0.05, 0) is 117 Å². The van der Waals surface area contributed by atoms with Crippen LogP contribution in [0.25, 0.3) is 10.8 Å². The normalized spacial score (nSPS) is 29.6. The van der Waals surface area contributed by atoms with Crippen molar-refractivity contribution in [1.82, 2.24) is 4.90 Å². The fourth-order valence-electron chi connectivity index (χ4n) is 7.38. The minimum Gasteiger partial charge on any atom is -0.490 e. The van der Waals surface area contributed by atoms with Crippen LogP contribution < -0.4 is 4.74 Å². The predicted molar refractivity (Wildman–Crippen MR) is 142 cm³/mol. The highest BCUT2D eigenvalue weighted by Gasteiger charge is 2.50. The summed E-state index contributed by atoms with van der Waals surface area (Å²) in [5.74, 6) is -0.165. The number of fused-ring (bicyclic) bond motifs is 4. The van der Waals surface area contributed by atoms with E-state index in [-0.39, 0.29) is 34.6 Å². The van der Waals surface area contributed by atoms with Crippen LogP contribution in [0.2, 0.25) is 0 Å². The molecule has 2 bridgehead atoms. The van der Waals surface area contributed by atoms with Gasteiger partial charge in [-0.25, -0.2) is 0 Å². The second-order valence-corrected chi connectivity index (χ2v) is 12.5. The number of benzene rings is 2. The lowest BCUT2D eigenvalue weighted by atomic mass is 9.55. The van der Waals surface area contributed by atoms with Gasteiger partial charge >= 0.3 is 12.1 Å². The average Bonchev–Trinajstić information content (AvgIpc) is 2.89. The van der Waals surface area contributed by atoms with Crippen molar-refractivity contribution in [3.8, 4) is 5.75 Å². The number of alkyl halides is 3. The number of hydrogen-bond donors (Lipinski definition) is 1. The number of carboxylic acids is 1. The molecule has 0 atom stereocenters. The maximum absolute atomic E-state index is 14.3. The summed E-state index contributed by atoms with van der Waals surface area (Å²) in [5, 5.41) is 9.91. The second-order valence-electron chi connectivity index (χ2n) is 12.5. The van der Waals surface area contributed by atoms with Crippen LogP contribution in [0.5, 0.6) is 5.75 Å². The van der Waals surface area contributed by atoms with Gasteiger partial charge in [0.2, 0.25) is 0 Å². The van der Waals surface area contributed by atoms with E-state index in [0.717, 1.165) is 76.2 Å². The van der Waals surface area contributed by atoms with Gasteiger partial charge in [-0.15, -0.1) is 0 Å². The molecule has 0 amide bonds. The predicted octanol–water partition coefficient (Wildman–Crippen LogP) is 8.21. The van der Waals surface area contributed by atoms with E-state index in [9.17, 15) is 18.0 Å². The van der Waals surface area contributed by atoms with Gasteiger partial charge in [-0.3, -0.25) is 9.69 Å². The lowest BCUT2D eigenvalue weighted by Crippen LogP contribution is -2.55. The second kappa shape index (κ2) is 10.4. The largest absolute Gasteiger partial charge is 0.490 e. The summed E-state index contributed by atoms with van der Waals surface area (Å²) in [4.78, 5) is 13.5. The van der Waals surface area contributed by atoms with Gasteiger partial charge in [-0.2, -0.15) is 13.2 Å². The number of hydrogen-bond acceptors (Lipinski definition) is 3. The molecule has 2 aromatic rings. The number of nitrogens with zero attached hydrogens (tertiary/aromatic N) is 1. The Morgan fingerprint density at radius 2 is 1.68 bits per heavy atom. The molecule has 0 aromatic heterocycles. The van der Waals surface area contributed by atoms with E-state index in [0.29, 0.717) is 17.8 Å². The third-order valence-electron chi connectivity index (χ3n) is 10.0. The lowest BCUT2D eigenvalue weighted by Gasteiger charge is -2.57. The van der Waals surface area contributed by atoms with E-state index in [4.69, 9.17) is 9.84 Å². The van der Waals surface area contributed by atoms with Crippen LogP contribution in [0.1, 0.15) is 95.1 Å². The molecule has 38 heavy (non-hydrogen) atoms. The highest BCUT2D eigenvalue weighted by atomic mass is 19.4. The number of ether oxygens (including phenoxy) is 1. The van der Waals surface area contributed by atoms with Gasteiger partial charge in [0.1, 0.15) is 11.3 Å². The number of rotatable bonds is 8. The first-order chi connectivity index (χ1) is 18.0. The van der Waals surface area contributed by atoms with Crippen LogP contribution in [0.15, 0.2) is 30.3 Å². The summed E-state index contributed by atoms with van der Waals surface area (Å²) in [6.07, 6.45) is 6.24. The molecule has 0 saturated heterocycles. The smallest absolute Gasteiger partial charge is 0.420 e. The Balaban J connectivity index is 1.32. The highest BCUT2D eigenvalue weighted by Crippen LogP contribution is 2.56. The Morgan fingerprint density at radius 3 is 2.29 bits per heavy atom. The summed E-state index contributed by atoms with van der Waals surface area (Å²) < 4.78 is 48.7. The molecule has 208 valence electrons. The Bertz CT molecular complexity index is 1140. The molecular weight excluding hydrogens is 491 g/mol. The minimum absolute atomic E-state index is 0.0518. The van der Waals surface area contributed by atoms with Crippen molar-refractivity contribution < 1.29 is 27.8 Å². The Morgan fingerprint density at radius 1 is 1.03 bits per heavy atom. The van der Waals surface area contributed by atoms with Crippen molar-refractivity contribution >= 4 is 16.7 Å². The van der Waals surface area contributed by atoms with Crippen LogP contribution in [-0.2, 0) is 17.5 Å². The van der Waals surface area contributed by atoms with Crippen LogP contribution in [0.4, 0.5) is 13.2 Å². The summed E-state index contributed by atoms with van der Waals surface area (Å²) in [5.41, 5.74) is 0.606. The molecule has 4 saturated carbocycles. The number of carbonyl (C=O) groups is 1. The van der Waals surface area contributed by atoms with Crippen LogP contribution in [0.3, 0.4) is 0 Å². The molecule has 1 N–H and O–H groups in total. The third kappa shape index (κ3) is 5.54. The van der Waals surface area contributed by atoms with Gasteiger partial charge < -0.3 is 9.84 Å². The van der Waals surface area contributed by atoms with Crippen LogP contribution in [0, 0.1) is 11.3 Å². The zero-order valence-electron chi connectivity index (χ0n) is 22.6. The standard InChI is InChI=1S/C31H40F3NO3/c1-21-3-7-24(8-4-21)38-26-10-6-23-19-22(5-9-25(23)28(26)31(32,33)34)20-35(2)30-16-13-29(14-17-30,15-18-30)12-11-27(36)37/h5-6,9-10,19,21,24H,3-4,7-8,11-18,20H2,1-2H3,(H,36,37)/t21-,24+,29?,30?. The van der Waals surface area contributed by atoms with E-state index in [1.165, 1.54) is 6.07 Å². The maximum atomic E-state index is 14.3. The van der Waals surface area contributed by atoms with E-state index < -0.39 is 17.7 Å². The molecular formula is C31H40F3NO3. The summed E-state index contributed by atoms with van der Waals surface area (Å²) in [6, 6.07) is 8.62. The first kappa shape index (κ1) is 27.3. The Labute approximate surface area is 223 Å². The van der Waals surface area contributed by atoms with Crippen LogP contribution >= 0.6 is 0 Å². The van der Waals surface area contributed by atoms with E-state index in [1.54, 1.807) is 12.1 Å². The topological polar surface area (TPSA) is 49.8 Å². The molecule has 6 rings (SSSR count). The molecule has 7 heteroatoms. The molecule has 0 spiro atoms. The van der Waals surface area contributed by atoms with E-state index in [2.05, 4.69) is 18.9 Å². The summed E-state index contributed by atoms with van der Waals surface area (Å²) in [6.45, 7) is 2.86. The SMILES string of the molecule is CN(Cc1ccc2c(C(F)(F)F)c(O[C@H]3CC[C@@H](C)CC3)ccc2c1)C12CCC(CCC(=O)O)(CC1)CC2. The third-order valence-corrected chi connectivity index (χ3v) is 10.0. The fourth-order valence-corrected chi connectivity index (χ4v) is 7.38. The first-order valence-electron chi connectivity index (χ1n) is 14.2. The zero-order chi connectivity index (χ0) is 27.1. The average molecular weight is 532 g/mol. The molecule has 4 nitrogen and oxygen atoms in total. The lowest BCUT2D eigenvalue weighted by molar-refractivity contribution is -0.139. The number of carboxylic acid groups (broad SMARTS) is 1. The molecule has 2 aromatic carbocycles. The molecule has 4 aliphatic rings. The Kier molecular flexibility index (Phi) is 7.44. The molecule has 4 aliphatic carbocycles. The molecule has 4 fully saturated rings. The van der Waals surface area contributed by atoms with Crippen LogP contribution in [-0.4, -0.2) is 34.7 Å². The molecule has 0 radical (unpaired) electrons. The van der Waals surface area contributed by atoms with Crippen molar-refractivity contribution in [2.75, 3.05) is 7.05 Å². The maximum Gasteiger partial charge on any atom is 0.420 e. The first-order valence-corrected chi connectivity index (χ1v) is 14.2. The van der Waals surface area contributed by atoms with E-state index in [1.807, 2.05) is 12.1 Å². The van der Waals surface area contributed by atoms with Gasteiger partial charge in [0.25, 0.3) is 0 Å². The van der Waals surface area contributed by atoms with Gasteiger partial charge in [0.15, 0.2) is 0 Å². The van der Waals surface area contributed by atoms with Crippen molar-refractivity contribution in [3.05, 3.63) is 41.5 Å². The number of halogens is 3. The van der Waals surface area contributed by atoms with Crippen molar-refractivity contribution in [1.29, 1.82) is 0 Å². The molecule has 0 unspecified atom stereocenters. The Hall–Kier alpha value is -2.28. The van der Waals surface area contributed by atoms with Crippen molar-refractivity contribution in [2.45, 2.75) is 108 Å².